The fourth-order valence-corrected chi connectivity index (χ4v) is 3.72. The summed E-state index contributed by atoms with van der Waals surface area (Å²) >= 11 is 3.17. The molecule has 0 aromatic rings. The summed E-state index contributed by atoms with van der Waals surface area (Å²) in [6, 6.07) is 0. The first-order chi connectivity index (χ1) is 5.79. The van der Waals surface area contributed by atoms with Crippen molar-refractivity contribution in [2.24, 2.45) is 16.2 Å². The van der Waals surface area contributed by atoms with E-state index in [1.165, 1.54) is 25.7 Å². The predicted molar refractivity (Wildman–Crippen MR) is 51.3 cm³/mol. The van der Waals surface area contributed by atoms with Crippen LogP contribution in [0.5, 0.6) is 0 Å². The van der Waals surface area contributed by atoms with Gasteiger partial charge in [-0.3, -0.25) is 0 Å². The first-order valence-corrected chi connectivity index (χ1v) is 5.18. The van der Waals surface area contributed by atoms with Crippen LogP contribution < -0.4 is 0 Å². The molecule has 0 aromatic heterocycles. The van der Waals surface area contributed by atoms with E-state index in [1.54, 1.807) is 0 Å². The summed E-state index contributed by atoms with van der Waals surface area (Å²) in [5.41, 5.74) is 0.939. The van der Waals surface area contributed by atoms with Crippen molar-refractivity contribution in [1.82, 2.24) is 0 Å². The average molecular weight is 221 g/mol. The minimum atomic E-state index is -0.0243. The Hall–Kier alpha value is -0.400. The van der Waals surface area contributed by atoms with Crippen molar-refractivity contribution < 1.29 is 0 Å². The van der Waals surface area contributed by atoms with Crippen molar-refractivity contribution in [2.45, 2.75) is 25.7 Å². The largest absolute Gasteiger partial charge is 0.118 e. The van der Waals surface area contributed by atoms with Gasteiger partial charge in [-0.25, -0.2) is 0 Å². The maximum Gasteiger partial charge on any atom is 0.105 e. The molecular weight excluding hydrogens is 212 g/mol. The first-order valence-electron chi connectivity index (χ1n) is 4.39. The smallest absolute Gasteiger partial charge is 0.105 e. The standard InChI is InChI=1S/C11H9Br/c1-2-9(7-8-12)10(3-4-10)11(9)5-6-11/h1H,3-6H2. The topological polar surface area (TPSA) is 0 Å². The van der Waals surface area contributed by atoms with Crippen LogP contribution in [0.3, 0.4) is 0 Å². The molecule has 3 fully saturated rings. The molecule has 2 spiro atoms. The molecule has 0 aromatic carbocycles. The van der Waals surface area contributed by atoms with Gasteiger partial charge >= 0.3 is 0 Å². The molecule has 3 aliphatic rings. The van der Waals surface area contributed by atoms with Crippen LogP contribution in [0.2, 0.25) is 0 Å². The van der Waals surface area contributed by atoms with E-state index in [-0.39, 0.29) is 5.41 Å². The molecule has 0 unspecified atom stereocenters. The molecule has 12 heavy (non-hydrogen) atoms. The SMILES string of the molecule is C#CC1(C#CBr)C2(CC2)C12CC2. The molecule has 0 radical (unpaired) electrons. The lowest BCUT2D eigenvalue weighted by Gasteiger charge is -1.96. The van der Waals surface area contributed by atoms with Crippen molar-refractivity contribution in [2.75, 3.05) is 0 Å². The molecule has 1 heteroatoms. The number of hydrogen-bond acceptors (Lipinski definition) is 0. The van der Waals surface area contributed by atoms with E-state index in [2.05, 4.69) is 32.6 Å². The van der Waals surface area contributed by atoms with E-state index in [4.69, 9.17) is 6.42 Å². The van der Waals surface area contributed by atoms with Gasteiger partial charge in [0.1, 0.15) is 5.41 Å². The van der Waals surface area contributed by atoms with Crippen LogP contribution >= 0.6 is 15.9 Å². The van der Waals surface area contributed by atoms with Crippen molar-refractivity contribution in [3.8, 4) is 23.1 Å². The third kappa shape index (κ3) is 0.410. The molecule has 0 saturated heterocycles. The van der Waals surface area contributed by atoms with Crippen LogP contribution in [0.4, 0.5) is 0 Å². The molecule has 3 saturated carbocycles. The maximum absolute atomic E-state index is 5.61. The second-order valence-corrected chi connectivity index (χ2v) is 4.67. The summed E-state index contributed by atoms with van der Waals surface area (Å²) in [6.07, 6.45) is 10.9. The second-order valence-electron chi connectivity index (χ2n) is 4.28. The van der Waals surface area contributed by atoms with Gasteiger partial charge in [0.15, 0.2) is 0 Å². The van der Waals surface area contributed by atoms with Gasteiger partial charge in [-0.1, -0.05) is 11.8 Å². The Morgan fingerprint density at radius 2 is 1.58 bits per heavy atom. The Morgan fingerprint density at radius 1 is 1.08 bits per heavy atom. The Morgan fingerprint density at radius 3 is 1.83 bits per heavy atom. The van der Waals surface area contributed by atoms with E-state index in [0.29, 0.717) is 10.8 Å². The lowest BCUT2D eigenvalue weighted by molar-refractivity contribution is 0.716. The highest BCUT2D eigenvalue weighted by molar-refractivity contribution is 9.12. The quantitative estimate of drug-likeness (QED) is 0.551. The van der Waals surface area contributed by atoms with E-state index in [9.17, 15) is 0 Å². The molecule has 60 valence electrons. The lowest BCUT2D eigenvalue weighted by Crippen LogP contribution is -1.97. The highest BCUT2D eigenvalue weighted by Crippen LogP contribution is 2.98. The van der Waals surface area contributed by atoms with Gasteiger partial charge in [0.05, 0.1) is 0 Å². The minimum absolute atomic E-state index is 0.0243. The zero-order valence-electron chi connectivity index (χ0n) is 6.78. The molecule has 0 heterocycles. The van der Waals surface area contributed by atoms with Gasteiger partial charge in [-0.2, -0.15) is 0 Å². The maximum atomic E-state index is 5.61. The minimum Gasteiger partial charge on any atom is -0.118 e. The van der Waals surface area contributed by atoms with Gasteiger partial charge in [-0.15, -0.1) is 6.42 Å². The van der Waals surface area contributed by atoms with Crippen LogP contribution in [0, 0.1) is 39.3 Å². The van der Waals surface area contributed by atoms with Crippen molar-refractivity contribution in [3.05, 3.63) is 0 Å². The number of terminal acetylenes is 1. The molecular formula is C11H9Br. The zero-order valence-corrected chi connectivity index (χ0v) is 8.37. The molecule has 0 N–H and O–H groups in total. The molecule has 3 aliphatic carbocycles. The highest BCUT2D eigenvalue weighted by atomic mass is 79.9. The lowest BCUT2D eigenvalue weighted by atomic mass is 10.0. The van der Waals surface area contributed by atoms with Crippen molar-refractivity contribution >= 4 is 15.9 Å². The Kier molecular flexibility index (Phi) is 0.948. The summed E-state index contributed by atoms with van der Waals surface area (Å²) in [5, 5.41) is 0. The number of halogens is 1. The van der Waals surface area contributed by atoms with Crippen LogP contribution in [-0.4, -0.2) is 0 Å². The molecule has 0 nitrogen and oxygen atoms in total. The van der Waals surface area contributed by atoms with Gasteiger partial charge in [0.2, 0.25) is 0 Å². The molecule has 0 atom stereocenters. The summed E-state index contributed by atoms with van der Waals surface area (Å²) < 4.78 is 0. The third-order valence-corrected chi connectivity index (χ3v) is 4.44. The summed E-state index contributed by atoms with van der Waals surface area (Å²) in [6.45, 7) is 0. The third-order valence-electron chi connectivity index (χ3n) is 4.24. The summed E-state index contributed by atoms with van der Waals surface area (Å²) in [7, 11) is 0. The van der Waals surface area contributed by atoms with Gasteiger partial charge in [0, 0.05) is 26.8 Å². The monoisotopic (exact) mass is 220 g/mol. The van der Waals surface area contributed by atoms with E-state index >= 15 is 0 Å². The Bertz CT molecular complexity index is 335. The number of hydrogen-bond donors (Lipinski definition) is 0. The Balaban J connectivity index is 2.12. The van der Waals surface area contributed by atoms with E-state index < -0.39 is 0 Å². The molecule has 3 rings (SSSR count). The van der Waals surface area contributed by atoms with E-state index in [0.717, 1.165) is 0 Å². The predicted octanol–water partition coefficient (Wildman–Crippen LogP) is 2.54. The molecule has 0 aliphatic heterocycles. The van der Waals surface area contributed by atoms with Gasteiger partial charge in [-0.05, 0) is 30.5 Å². The summed E-state index contributed by atoms with van der Waals surface area (Å²) in [4.78, 5) is 2.83. The van der Waals surface area contributed by atoms with Crippen molar-refractivity contribution in [1.29, 1.82) is 0 Å². The van der Waals surface area contributed by atoms with Crippen LogP contribution in [0.25, 0.3) is 0 Å². The van der Waals surface area contributed by atoms with Crippen LogP contribution in [0.15, 0.2) is 0 Å². The molecule has 0 bridgehead atoms. The first kappa shape index (κ1) is 7.05. The van der Waals surface area contributed by atoms with Crippen LogP contribution in [-0.2, 0) is 0 Å². The van der Waals surface area contributed by atoms with E-state index in [1.807, 2.05) is 0 Å². The second kappa shape index (κ2) is 1.61. The van der Waals surface area contributed by atoms with Gasteiger partial charge in [0.25, 0.3) is 0 Å². The van der Waals surface area contributed by atoms with Crippen molar-refractivity contribution in [3.63, 3.8) is 0 Å². The zero-order chi connectivity index (χ0) is 8.45. The summed E-state index contributed by atoms with van der Waals surface area (Å²) in [5.74, 6) is 6.17. The Labute approximate surface area is 81.2 Å². The normalized spacial score (nSPS) is 41.3. The van der Waals surface area contributed by atoms with Gasteiger partial charge < -0.3 is 0 Å². The highest BCUT2D eigenvalue weighted by Gasteiger charge is 2.95. The van der Waals surface area contributed by atoms with Crippen LogP contribution in [0.1, 0.15) is 25.7 Å². The fraction of sp³-hybridized carbons (Fsp3) is 0.636. The molecule has 0 amide bonds. The fourth-order valence-electron chi connectivity index (χ4n) is 3.42. The number of fused-ring (bicyclic) bond motifs is 1. The number of rotatable bonds is 0. The average Bonchev–Trinajstić information content (AvgIpc) is 2.89.